The third-order valence-electron chi connectivity index (χ3n) is 3.69. The predicted octanol–water partition coefficient (Wildman–Crippen LogP) is 2.98. The Hall–Kier alpha value is -1.72. The lowest BCUT2D eigenvalue weighted by Crippen LogP contribution is -2.35. The van der Waals surface area contributed by atoms with Crippen LogP contribution in [0.5, 0.6) is 0 Å². The number of anilines is 1. The van der Waals surface area contributed by atoms with E-state index in [0.29, 0.717) is 6.54 Å². The van der Waals surface area contributed by atoms with Gasteiger partial charge in [-0.2, -0.15) is 0 Å². The number of hydrogen-bond acceptors (Lipinski definition) is 3. The minimum absolute atomic E-state index is 0.00169. The Labute approximate surface area is 132 Å². The number of aryl methyl sites for hydroxylation is 1. The Bertz CT molecular complexity index is 687. The lowest BCUT2D eigenvalue weighted by molar-refractivity contribution is -0.117. The van der Waals surface area contributed by atoms with Crippen molar-refractivity contribution < 1.29 is 4.79 Å². The molecule has 2 aromatic rings. The van der Waals surface area contributed by atoms with Crippen molar-refractivity contribution in [2.45, 2.75) is 19.4 Å². The summed E-state index contributed by atoms with van der Waals surface area (Å²) in [5.41, 5.74) is 4.02. The number of carbonyl (C=O) groups excluding carboxylic acids is 1. The van der Waals surface area contributed by atoms with E-state index >= 15 is 0 Å². The second-order valence-corrected chi connectivity index (χ2v) is 5.95. The van der Waals surface area contributed by atoms with E-state index in [0.717, 1.165) is 28.0 Å². The molecule has 0 spiro atoms. The maximum Gasteiger partial charge on any atom is 0.233 e. The number of halogens is 1. The summed E-state index contributed by atoms with van der Waals surface area (Å²) in [6, 6.07) is 9.99. The standard InChI is InChI=1S/C16H16BrN3O/c1-10-6-12(8-19-15(10)17)20-16(21)14-9-18-7-11-4-2-3-5-13(11)14/h2-6,8,14,18H,7,9H2,1H3,(H,20,21). The van der Waals surface area contributed by atoms with E-state index in [1.807, 2.05) is 31.2 Å². The van der Waals surface area contributed by atoms with E-state index in [-0.39, 0.29) is 11.8 Å². The van der Waals surface area contributed by atoms with Gasteiger partial charge < -0.3 is 10.6 Å². The van der Waals surface area contributed by atoms with Gasteiger partial charge in [-0.3, -0.25) is 4.79 Å². The molecule has 2 heterocycles. The number of amides is 1. The second-order valence-electron chi connectivity index (χ2n) is 5.20. The average Bonchev–Trinajstić information content (AvgIpc) is 2.50. The zero-order valence-corrected chi connectivity index (χ0v) is 13.3. The van der Waals surface area contributed by atoms with Crippen LogP contribution >= 0.6 is 15.9 Å². The first-order chi connectivity index (χ1) is 10.1. The fraction of sp³-hybridized carbons (Fsp3) is 0.250. The first kappa shape index (κ1) is 14.2. The van der Waals surface area contributed by atoms with Crippen LogP contribution in [0.1, 0.15) is 22.6 Å². The van der Waals surface area contributed by atoms with Gasteiger partial charge in [0.15, 0.2) is 0 Å². The molecule has 0 aliphatic carbocycles. The van der Waals surface area contributed by atoms with Crippen LogP contribution in [0.4, 0.5) is 5.69 Å². The minimum Gasteiger partial charge on any atom is -0.324 e. The summed E-state index contributed by atoms with van der Waals surface area (Å²) in [6.45, 7) is 3.43. The van der Waals surface area contributed by atoms with Gasteiger partial charge >= 0.3 is 0 Å². The SMILES string of the molecule is Cc1cc(NC(=O)C2CNCc3ccccc32)cnc1Br. The van der Waals surface area contributed by atoms with Gasteiger partial charge in [0.1, 0.15) is 4.60 Å². The summed E-state index contributed by atoms with van der Waals surface area (Å²) < 4.78 is 0.796. The van der Waals surface area contributed by atoms with E-state index in [1.54, 1.807) is 6.20 Å². The normalized spacial score (nSPS) is 17.1. The molecule has 108 valence electrons. The average molecular weight is 346 g/mol. The van der Waals surface area contributed by atoms with Gasteiger partial charge in [-0.05, 0) is 45.6 Å². The predicted molar refractivity (Wildman–Crippen MR) is 86.2 cm³/mol. The van der Waals surface area contributed by atoms with E-state index < -0.39 is 0 Å². The third kappa shape index (κ3) is 2.99. The van der Waals surface area contributed by atoms with E-state index in [4.69, 9.17) is 0 Å². The Morgan fingerprint density at radius 1 is 1.43 bits per heavy atom. The quantitative estimate of drug-likeness (QED) is 0.822. The first-order valence-electron chi connectivity index (χ1n) is 6.86. The van der Waals surface area contributed by atoms with Crippen molar-refractivity contribution in [1.82, 2.24) is 10.3 Å². The Balaban J connectivity index is 1.81. The molecule has 0 radical (unpaired) electrons. The van der Waals surface area contributed by atoms with Gasteiger partial charge in [0.25, 0.3) is 0 Å². The van der Waals surface area contributed by atoms with Gasteiger partial charge in [-0.1, -0.05) is 24.3 Å². The smallest absolute Gasteiger partial charge is 0.233 e. The molecule has 1 amide bonds. The lowest BCUT2D eigenvalue weighted by Gasteiger charge is -2.25. The van der Waals surface area contributed by atoms with Crippen molar-refractivity contribution in [3.05, 3.63) is 57.8 Å². The molecule has 1 aromatic carbocycles. The number of carbonyl (C=O) groups is 1. The molecule has 0 bridgehead atoms. The number of nitrogens with one attached hydrogen (secondary N) is 2. The number of nitrogens with zero attached hydrogens (tertiary/aromatic N) is 1. The number of benzene rings is 1. The molecule has 0 saturated heterocycles. The fourth-order valence-electron chi connectivity index (χ4n) is 2.59. The van der Waals surface area contributed by atoms with E-state index in [9.17, 15) is 4.79 Å². The van der Waals surface area contributed by atoms with Crippen LogP contribution in [0.2, 0.25) is 0 Å². The molecular formula is C16H16BrN3O. The minimum atomic E-state index is -0.168. The molecule has 2 N–H and O–H groups in total. The maximum absolute atomic E-state index is 12.5. The van der Waals surface area contributed by atoms with Crippen LogP contribution in [0, 0.1) is 6.92 Å². The molecular weight excluding hydrogens is 330 g/mol. The summed E-state index contributed by atoms with van der Waals surface area (Å²) in [5.74, 6) is -0.169. The maximum atomic E-state index is 12.5. The highest BCUT2D eigenvalue weighted by Crippen LogP contribution is 2.25. The Kier molecular flexibility index (Phi) is 4.03. The molecule has 0 saturated carbocycles. The van der Waals surface area contributed by atoms with Crippen molar-refractivity contribution in [3.8, 4) is 0 Å². The second kappa shape index (κ2) is 5.95. The van der Waals surface area contributed by atoms with Crippen LogP contribution in [0.25, 0.3) is 0 Å². The summed E-state index contributed by atoms with van der Waals surface area (Å²) in [5, 5.41) is 6.25. The van der Waals surface area contributed by atoms with Crippen LogP contribution in [-0.4, -0.2) is 17.4 Å². The van der Waals surface area contributed by atoms with Gasteiger partial charge in [0.2, 0.25) is 5.91 Å². The molecule has 1 aliphatic rings. The van der Waals surface area contributed by atoms with Crippen LogP contribution in [-0.2, 0) is 11.3 Å². The van der Waals surface area contributed by atoms with Crippen LogP contribution in [0.3, 0.4) is 0 Å². The molecule has 1 unspecified atom stereocenters. The monoisotopic (exact) mass is 345 g/mol. The van der Waals surface area contributed by atoms with Crippen molar-refractivity contribution in [3.63, 3.8) is 0 Å². The van der Waals surface area contributed by atoms with Crippen LogP contribution < -0.4 is 10.6 Å². The van der Waals surface area contributed by atoms with Gasteiger partial charge in [-0.15, -0.1) is 0 Å². The summed E-state index contributed by atoms with van der Waals surface area (Å²) >= 11 is 3.36. The Morgan fingerprint density at radius 3 is 3.05 bits per heavy atom. The third-order valence-corrected chi connectivity index (χ3v) is 4.52. The molecule has 3 rings (SSSR count). The molecule has 21 heavy (non-hydrogen) atoms. The molecule has 1 aromatic heterocycles. The molecule has 1 aliphatic heterocycles. The van der Waals surface area contributed by atoms with Crippen molar-refractivity contribution in [2.75, 3.05) is 11.9 Å². The number of aromatic nitrogens is 1. The molecule has 4 nitrogen and oxygen atoms in total. The van der Waals surface area contributed by atoms with E-state index in [1.165, 1.54) is 5.56 Å². The summed E-state index contributed by atoms with van der Waals surface area (Å²) in [6.07, 6.45) is 1.66. The van der Waals surface area contributed by atoms with Crippen molar-refractivity contribution in [2.24, 2.45) is 0 Å². The fourth-order valence-corrected chi connectivity index (χ4v) is 2.80. The largest absolute Gasteiger partial charge is 0.324 e. The zero-order valence-electron chi connectivity index (χ0n) is 11.7. The van der Waals surface area contributed by atoms with Crippen molar-refractivity contribution >= 4 is 27.5 Å². The summed E-state index contributed by atoms with van der Waals surface area (Å²) in [7, 11) is 0. The van der Waals surface area contributed by atoms with Gasteiger partial charge in [0.05, 0.1) is 17.8 Å². The number of rotatable bonds is 2. The molecule has 0 fully saturated rings. The summed E-state index contributed by atoms with van der Waals surface area (Å²) in [4.78, 5) is 16.7. The zero-order chi connectivity index (χ0) is 14.8. The topological polar surface area (TPSA) is 54.0 Å². The lowest BCUT2D eigenvalue weighted by atomic mass is 9.90. The number of hydrogen-bond donors (Lipinski definition) is 2. The number of pyridine rings is 1. The van der Waals surface area contributed by atoms with Gasteiger partial charge in [-0.25, -0.2) is 4.98 Å². The Morgan fingerprint density at radius 2 is 2.24 bits per heavy atom. The van der Waals surface area contributed by atoms with E-state index in [2.05, 4.69) is 37.6 Å². The van der Waals surface area contributed by atoms with Crippen LogP contribution in [0.15, 0.2) is 41.1 Å². The molecule has 1 atom stereocenters. The highest BCUT2D eigenvalue weighted by atomic mass is 79.9. The van der Waals surface area contributed by atoms with Crippen molar-refractivity contribution in [1.29, 1.82) is 0 Å². The number of fused-ring (bicyclic) bond motifs is 1. The first-order valence-corrected chi connectivity index (χ1v) is 7.66. The van der Waals surface area contributed by atoms with Gasteiger partial charge in [0, 0.05) is 13.1 Å². The highest BCUT2D eigenvalue weighted by Gasteiger charge is 2.26. The molecule has 5 heteroatoms. The highest BCUT2D eigenvalue weighted by molar-refractivity contribution is 9.10.